The first kappa shape index (κ1) is 19.3. The summed E-state index contributed by atoms with van der Waals surface area (Å²) in [5.74, 6) is 1.39. The number of anilines is 1. The molecular formula is C18H14ClF3N2O2S. The first-order valence-electron chi connectivity index (χ1n) is 7.72. The summed E-state index contributed by atoms with van der Waals surface area (Å²) in [5.41, 5.74) is -0.556. The molecule has 0 radical (unpaired) electrons. The fraction of sp³-hybridized carbons (Fsp3) is 0.167. The number of hydrogen-bond donors (Lipinski definition) is 1. The van der Waals surface area contributed by atoms with Gasteiger partial charge in [-0.1, -0.05) is 11.6 Å². The quantitative estimate of drug-likeness (QED) is 0.519. The summed E-state index contributed by atoms with van der Waals surface area (Å²) in [6, 6.07) is 10.0. The van der Waals surface area contributed by atoms with Crippen LogP contribution in [0.1, 0.15) is 10.4 Å². The maximum Gasteiger partial charge on any atom is 0.416 e. The van der Waals surface area contributed by atoms with Crippen LogP contribution in [0.3, 0.4) is 0 Å². The highest BCUT2D eigenvalue weighted by molar-refractivity contribution is 7.15. The van der Waals surface area contributed by atoms with E-state index in [4.69, 9.17) is 21.1 Å². The Morgan fingerprint density at radius 2 is 1.81 bits per heavy atom. The minimum atomic E-state index is -4.46. The summed E-state index contributed by atoms with van der Waals surface area (Å²) in [6.45, 7) is 0.269. The topological polar surface area (TPSA) is 43.4 Å². The molecule has 0 aliphatic heterocycles. The molecule has 1 N–H and O–H groups in total. The predicted molar refractivity (Wildman–Crippen MR) is 99.0 cm³/mol. The Balaban J connectivity index is 1.86. The van der Waals surface area contributed by atoms with E-state index in [0.717, 1.165) is 17.0 Å². The van der Waals surface area contributed by atoms with Crippen LogP contribution < -0.4 is 14.8 Å². The van der Waals surface area contributed by atoms with Crippen LogP contribution in [0.25, 0.3) is 0 Å². The Bertz CT molecular complexity index is 914. The van der Waals surface area contributed by atoms with Gasteiger partial charge in [-0.3, -0.25) is 0 Å². The molecule has 0 amide bonds. The van der Waals surface area contributed by atoms with E-state index in [0.29, 0.717) is 16.0 Å². The summed E-state index contributed by atoms with van der Waals surface area (Å²) in [5, 5.41) is 2.96. The van der Waals surface area contributed by atoms with Gasteiger partial charge in [-0.05, 0) is 42.5 Å². The van der Waals surface area contributed by atoms with Gasteiger partial charge >= 0.3 is 6.18 Å². The second-order valence-electron chi connectivity index (χ2n) is 5.42. The molecule has 3 aromatic rings. The molecule has 2 aromatic carbocycles. The van der Waals surface area contributed by atoms with Crippen molar-refractivity contribution in [2.24, 2.45) is 0 Å². The molecule has 3 rings (SSSR count). The van der Waals surface area contributed by atoms with Crippen molar-refractivity contribution in [1.29, 1.82) is 0 Å². The fourth-order valence-electron chi connectivity index (χ4n) is 2.25. The molecule has 142 valence electrons. The van der Waals surface area contributed by atoms with E-state index < -0.39 is 11.7 Å². The molecule has 1 aromatic heterocycles. The van der Waals surface area contributed by atoms with Crippen molar-refractivity contribution in [2.75, 3.05) is 12.4 Å². The molecule has 0 aliphatic rings. The third-order valence-electron chi connectivity index (χ3n) is 3.57. The van der Waals surface area contributed by atoms with Crippen molar-refractivity contribution < 1.29 is 22.6 Å². The molecule has 0 unspecified atom stereocenters. The van der Waals surface area contributed by atoms with Gasteiger partial charge in [0.05, 0.1) is 24.9 Å². The second kappa shape index (κ2) is 8.06. The minimum absolute atomic E-state index is 0.213. The average molecular weight is 415 g/mol. The lowest BCUT2D eigenvalue weighted by molar-refractivity contribution is -0.137. The summed E-state index contributed by atoms with van der Waals surface area (Å²) >= 11 is 7.03. The van der Waals surface area contributed by atoms with Crippen LogP contribution in [0.15, 0.2) is 48.7 Å². The zero-order chi connectivity index (χ0) is 19.4. The van der Waals surface area contributed by atoms with Crippen molar-refractivity contribution in [1.82, 2.24) is 4.98 Å². The Labute approximate surface area is 162 Å². The number of hydrogen-bond acceptors (Lipinski definition) is 5. The molecule has 27 heavy (non-hydrogen) atoms. The monoisotopic (exact) mass is 414 g/mol. The van der Waals surface area contributed by atoms with Gasteiger partial charge in [0, 0.05) is 11.1 Å². The Kier molecular flexibility index (Phi) is 5.76. The number of thiazole rings is 1. The van der Waals surface area contributed by atoms with Crippen LogP contribution in [0.5, 0.6) is 17.2 Å². The Hall–Kier alpha value is -2.45. The van der Waals surface area contributed by atoms with E-state index in [9.17, 15) is 13.2 Å². The molecule has 0 bridgehead atoms. The molecular weight excluding hydrogens is 401 g/mol. The molecule has 4 nitrogen and oxygen atoms in total. The van der Waals surface area contributed by atoms with E-state index in [2.05, 4.69) is 10.3 Å². The SMILES string of the molecule is COc1ccc(Oc2ccc(C(F)(F)F)cc2NCc2cnc(Cl)s2)cc1. The maximum atomic E-state index is 13.1. The number of halogens is 4. The standard InChI is InChI=1S/C18H14ClF3N2O2S/c1-25-12-3-5-13(6-4-12)26-16-7-2-11(18(20,21)22)8-15(16)23-9-14-10-24-17(19)27-14/h2-8,10,23H,9H2,1H3. The summed E-state index contributed by atoms with van der Waals surface area (Å²) in [6.07, 6.45) is -2.89. The molecule has 1 heterocycles. The fourth-order valence-corrected chi connectivity index (χ4v) is 3.17. The predicted octanol–water partition coefficient (Wildman–Crippen LogP) is 6.23. The molecule has 0 atom stereocenters. The lowest BCUT2D eigenvalue weighted by Gasteiger charge is -2.15. The highest BCUT2D eigenvalue weighted by atomic mass is 35.5. The first-order valence-corrected chi connectivity index (χ1v) is 8.92. The van der Waals surface area contributed by atoms with Crippen molar-refractivity contribution in [3.8, 4) is 17.2 Å². The normalized spacial score (nSPS) is 11.3. The molecule has 0 fully saturated rings. The Morgan fingerprint density at radius 1 is 1.11 bits per heavy atom. The number of benzene rings is 2. The number of methoxy groups -OCH3 is 1. The zero-order valence-electron chi connectivity index (χ0n) is 14.0. The second-order valence-corrected chi connectivity index (χ2v) is 7.12. The van der Waals surface area contributed by atoms with Gasteiger partial charge in [0.25, 0.3) is 0 Å². The van der Waals surface area contributed by atoms with Gasteiger partial charge in [-0.2, -0.15) is 13.2 Å². The molecule has 0 saturated heterocycles. The number of nitrogens with zero attached hydrogens (tertiary/aromatic N) is 1. The van der Waals surface area contributed by atoms with Crippen LogP contribution in [-0.2, 0) is 12.7 Å². The third kappa shape index (κ3) is 5.05. The van der Waals surface area contributed by atoms with Crippen LogP contribution >= 0.6 is 22.9 Å². The van der Waals surface area contributed by atoms with Crippen LogP contribution in [0.4, 0.5) is 18.9 Å². The third-order valence-corrected chi connectivity index (χ3v) is 4.69. The largest absolute Gasteiger partial charge is 0.497 e. The van der Waals surface area contributed by atoms with Crippen LogP contribution in [0.2, 0.25) is 4.47 Å². The van der Waals surface area contributed by atoms with Crippen molar-refractivity contribution >= 4 is 28.6 Å². The summed E-state index contributed by atoms with van der Waals surface area (Å²) in [4.78, 5) is 4.70. The molecule has 0 aliphatic carbocycles. The number of ether oxygens (including phenoxy) is 2. The van der Waals surface area contributed by atoms with Gasteiger partial charge in [0.15, 0.2) is 10.2 Å². The number of rotatable bonds is 6. The smallest absolute Gasteiger partial charge is 0.416 e. The van der Waals surface area contributed by atoms with Crippen molar-refractivity contribution in [2.45, 2.75) is 12.7 Å². The molecule has 0 saturated carbocycles. The highest BCUT2D eigenvalue weighted by Crippen LogP contribution is 2.37. The summed E-state index contributed by atoms with van der Waals surface area (Å²) < 4.78 is 50.4. The van der Waals surface area contributed by atoms with Gasteiger partial charge in [-0.15, -0.1) is 11.3 Å². The molecule has 9 heteroatoms. The van der Waals surface area contributed by atoms with Gasteiger partial charge in [-0.25, -0.2) is 4.98 Å². The lowest BCUT2D eigenvalue weighted by Crippen LogP contribution is -2.07. The van der Waals surface area contributed by atoms with Crippen LogP contribution in [-0.4, -0.2) is 12.1 Å². The van der Waals surface area contributed by atoms with E-state index in [1.807, 2.05) is 0 Å². The van der Waals surface area contributed by atoms with Crippen molar-refractivity contribution in [3.05, 3.63) is 63.6 Å². The number of aromatic nitrogens is 1. The Morgan fingerprint density at radius 3 is 2.41 bits per heavy atom. The zero-order valence-corrected chi connectivity index (χ0v) is 15.6. The maximum absolute atomic E-state index is 13.1. The lowest BCUT2D eigenvalue weighted by atomic mass is 10.1. The van der Waals surface area contributed by atoms with E-state index in [-0.39, 0.29) is 18.0 Å². The number of alkyl halides is 3. The van der Waals surface area contributed by atoms with Gasteiger partial charge in [0.1, 0.15) is 11.5 Å². The van der Waals surface area contributed by atoms with E-state index in [1.54, 1.807) is 37.6 Å². The summed E-state index contributed by atoms with van der Waals surface area (Å²) in [7, 11) is 1.54. The van der Waals surface area contributed by atoms with Crippen LogP contribution in [0, 0.1) is 0 Å². The number of nitrogens with one attached hydrogen (secondary N) is 1. The first-order chi connectivity index (χ1) is 12.8. The molecule has 0 spiro atoms. The van der Waals surface area contributed by atoms with Gasteiger partial charge in [0.2, 0.25) is 0 Å². The highest BCUT2D eigenvalue weighted by Gasteiger charge is 2.31. The van der Waals surface area contributed by atoms with E-state index in [1.165, 1.54) is 17.4 Å². The van der Waals surface area contributed by atoms with E-state index >= 15 is 0 Å². The minimum Gasteiger partial charge on any atom is -0.497 e. The van der Waals surface area contributed by atoms with Gasteiger partial charge < -0.3 is 14.8 Å². The average Bonchev–Trinajstić information content (AvgIpc) is 3.06. The van der Waals surface area contributed by atoms with Crippen molar-refractivity contribution in [3.63, 3.8) is 0 Å².